The average molecular weight is 289 g/mol. The Morgan fingerprint density at radius 3 is 2.90 bits per heavy atom. The number of rotatable bonds is 4. The molecule has 1 unspecified atom stereocenters. The van der Waals surface area contributed by atoms with Gasteiger partial charge in [0.1, 0.15) is 13.2 Å². The fraction of sp³-hybridized carbons (Fsp3) is 0.588. The van der Waals surface area contributed by atoms with Crippen molar-refractivity contribution in [3.63, 3.8) is 0 Å². The van der Waals surface area contributed by atoms with Crippen LogP contribution in [0.3, 0.4) is 0 Å². The molecule has 0 aliphatic carbocycles. The minimum absolute atomic E-state index is 0.199. The van der Waals surface area contributed by atoms with Gasteiger partial charge in [-0.1, -0.05) is 19.4 Å². The van der Waals surface area contributed by atoms with Crippen LogP contribution in [0.4, 0.5) is 0 Å². The minimum Gasteiger partial charge on any atom is -0.486 e. The van der Waals surface area contributed by atoms with Crippen LogP contribution in [-0.4, -0.2) is 30.6 Å². The number of benzene rings is 1. The molecule has 1 amide bonds. The van der Waals surface area contributed by atoms with E-state index >= 15 is 0 Å². The predicted molar refractivity (Wildman–Crippen MR) is 80.6 cm³/mol. The van der Waals surface area contributed by atoms with Gasteiger partial charge in [-0.3, -0.25) is 4.79 Å². The molecular weight excluding hydrogens is 266 g/mol. The van der Waals surface area contributed by atoms with E-state index in [1.54, 1.807) is 0 Å². The average Bonchev–Trinajstić information content (AvgIpc) is 3.01. The van der Waals surface area contributed by atoms with E-state index in [-0.39, 0.29) is 11.9 Å². The molecule has 1 atom stereocenters. The molecular formula is C17H23NO3. The lowest BCUT2D eigenvalue weighted by Crippen LogP contribution is -2.30. The van der Waals surface area contributed by atoms with Crippen molar-refractivity contribution in [2.24, 2.45) is 0 Å². The van der Waals surface area contributed by atoms with Crippen LogP contribution in [-0.2, 0) is 4.79 Å². The summed E-state index contributed by atoms with van der Waals surface area (Å²) in [7, 11) is 0. The molecule has 0 N–H and O–H groups in total. The second-order valence-electron chi connectivity index (χ2n) is 5.75. The first-order chi connectivity index (χ1) is 10.3. The number of unbranched alkanes of at least 4 members (excludes halogenated alkanes) is 1. The topological polar surface area (TPSA) is 38.8 Å². The molecule has 1 aromatic rings. The monoisotopic (exact) mass is 289 g/mol. The van der Waals surface area contributed by atoms with E-state index in [2.05, 4.69) is 13.0 Å². The number of hydrogen-bond donors (Lipinski definition) is 0. The maximum atomic E-state index is 12.3. The van der Waals surface area contributed by atoms with Crippen LogP contribution >= 0.6 is 0 Å². The molecule has 0 radical (unpaired) electrons. The van der Waals surface area contributed by atoms with E-state index in [0.717, 1.165) is 43.7 Å². The lowest BCUT2D eigenvalue weighted by molar-refractivity contribution is -0.132. The van der Waals surface area contributed by atoms with Crippen molar-refractivity contribution in [1.29, 1.82) is 0 Å². The first-order valence-corrected chi connectivity index (χ1v) is 7.98. The van der Waals surface area contributed by atoms with Gasteiger partial charge in [0.2, 0.25) is 5.91 Å². The number of amides is 1. The van der Waals surface area contributed by atoms with Crippen molar-refractivity contribution < 1.29 is 14.3 Å². The highest BCUT2D eigenvalue weighted by Gasteiger charge is 2.30. The lowest BCUT2D eigenvalue weighted by Gasteiger charge is -2.26. The fourth-order valence-corrected chi connectivity index (χ4v) is 3.15. The SMILES string of the molecule is CCCCC(=O)N1CCCC1c1ccc2c(c1)OCCO2. The van der Waals surface area contributed by atoms with Crippen LogP contribution in [0.5, 0.6) is 11.5 Å². The normalized spacial score (nSPS) is 20.6. The lowest BCUT2D eigenvalue weighted by atomic mass is 10.0. The van der Waals surface area contributed by atoms with Gasteiger partial charge < -0.3 is 14.4 Å². The number of hydrogen-bond acceptors (Lipinski definition) is 3. The number of likely N-dealkylation sites (tertiary alicyclic amines) is 1. The molecule has 4 heteroatoms. The Labute approximate surface area is 126 Å². The summed E-state index contributed by atoms with van der Waals surface area (Å²) < 4.78 is 11.2. The van der Waals surface area contributed by atoms with Gasteiger partial charge in [0, 0.05) is 13.0 Å². The molecule has 114 valence electrons. The molecule has 4 nitrogen and oxygen atoms in total. The second-order valence-corrected chi connectivity index (χ2v) is 5.75. The highest BCUT2D eigenvalue weighted by Crippen LogP contribution is 2.38. The van der Waals surface area contributed by atoms with Gasteiger partial charge in [-0.15, -0.1) is 0 Å². The standard InChI is InChI=1S/C17H23NO3/c1-2-3-6-17(19)18-9-4-5-14(18)13-7-8-15-16(12-13)21-11-10-20-15/h7-8,12,14H,2-6,9-11H2,1H3. The molecule has 2 aliphatic heterocycles. The smallest absolute Gasteiger partial charge is 0.223 e. The van der Waals surface area contributed by atoms with E-state index < -0.39 is 0 Å². The Balaban J connectivity index is 1.77. The third-order valence-electron chi connectivity index (χ3n) is 4.27. The third kappa shape index (κ3) is 2.99. The van der Waals surface area contributed by atoms with Crippen LogP contribution in [0.25, 0.3) is 0 Å². The number of ether oxygens (including phenoxy) is 2. The molecule has 1 aromatic carbocycles. The molecule has 0 saturated carbocycles. The molecule has 3 rings (SSSR count). The summed E-state index contributed by atoms with van der Waals surface area (Å²) in [6.45, 7) is 4.20. The summed E-state index contributed by atoms with van der Waals surface area (Å²) in [5.74, 6) is 1.91. The maximum absolute atomic E-state index is 12.3. The van der Waals surface area contributed by atoms with Crippen LogP contribution in [0, 0.1) is 0 Å². The van der Waals surface area contributed by atoms with Crippen molar-refractivity contribution in [3.05, 3.63) is 23.8 Å². The van der Waals surface area contributed by atoms with Crippen molar-refractivity contribution in [3.8, 4) is 11.5 Å². The first-order valence-electron chi connectivity index (χ1n) is 7.98. The third-order valence-corrected chi connectivity index (χ3v) is 4.27. The summed E-state index contributed by atoms with van der Waals surface area (Å²) in [5, 5.41) is 0. The molecule has 0 spiro atoms. The Bertz CT molecular complexity index is 515. The largest absolute Gasteiger partial charge is 0.486 e. The number of nitrogens with zero attached hydrogens (tertiary/aromatic N) is 1. The van der Waals surface area contributed by atoms with E-state index in [1.165, 1.54) is 5.56 Å². The van der Waals surface area contributed by atoms with Gasteiger partial charge in [0.05, 0.1) is 6.04 Å². The fourth-order valence-electron chi connectivity index (χ4n) is 3.15. The first kappa shape index (κ1) is 14.2. The van der Waals surface area contributed by atoms with Gasteiger partial charge in [-0.25, -0.2) is 0 Å². The summed E-state index contributed by atoms with van der Waals surface area (Å²) in [4.78, 5) is 14.4. The molecule has 21 heavy (non-hydrogen) atoms. The quantitative estimate of drug-likeness (QED) is 0.853. The minimum atomic E-state index is 0.199. The zero-order valence-corrected chi connectivity index (χ0v) is 12.6. The highest BCUT2D eigenvalue weighted by atomic mass is 16.6. The Hall–Kier alpha value is -1.71. The summed E-state index contributed by atoms with van der Waals surface area (Å²) in [6.07, 6.45) is 4.82. The molecule has 0 aromatic heterocycles. The van der Waals surface area contributed by atoms with Crippen molar-refractivity contribution in [2.75, 3.05) is 19.8 Å². The van der Waals surface area contributed by atoms with E-state index in [0.29, 0.717) is 19.6 Å². The van der Waals surface area contributed by atoms with E-state index in [4.69, 9.17) is 9.47 Å². The second kappa shape index (κ2) is 6.37. The van der Waals surface area contributed by atoms with Crippen molar-refractivity contribution in [2.45, 2.75) is 45.1 Å². The van der Waals surface area contributed by atoms with Crippen molar-refractivity contribution >= 4 is 5.91 Å². The molecule has 2 heterocycles. The summed E-state index contributed by atoms with van der Waals surface area (Å²) in [5.41, 5.74) is 1.17. The Morgan fingerprint density at radius 2 is 2.10 bits per heavy atom. The Kier molecular flexibility index (Phi) is 4.32. The zero-order valence-electron chi connectivity index (χ0n) is 12.6. The molecule has 0 bridgehead atoms. The van der Waals surface area contributed by atoms with Gasteiger partial charge >= 0.3 is 0 Å². The molecule has 1 fully saturated rings. The number of carbonyl (C=O) groups is 1. The highest BCUT2D eigenvalue weighted by molar-refractivity contribution is 5.77. The van der Waals surface area contributed by atoms with E-state index in [9.17, 15) is 4.79 Å². The van der Waals surface area contributed by atoms with Gasteiger partial charge in [-0.2, -0.15) is 0 Å². The van der Waals surface area contributed by atoms with E-state index in [1.807, 2.05) is 17.0 Å². The van der Waals surface area contributed by atoms with Crippen LogP contribution in [0.2, 0.25) is 0 Å². The maximum Gasteiger partial charge on any atom is 0.223 e. The number of fused-ring (bicyclic) bond motifs is 1. The van der Waals surface area contributed by atoms with Crippen LogP contribution < -0.4 is 9.47 Å². The number of carbonyl (C=O) groups excluding carboxylic acids is 1. The van der Waals surface area contributed by atoms with Crippen LogP contribution in [0.15, 0.2) is 18.2 Å². The Morgan fingerprint density at radius 1 is 1.29 bits per heavy atom. The van der Waals surface area contributed by atoms with Gasteiger partial charge in [0.25, 0.3) is 0 Å². The van der Waals surface area contributed by atoms with Gasteiger partial charge in [-0.05, 0) is 37.0 Å². The van der Waals surface area contributed by atoms with Crippen molar-refractivity contribution in [1.82, 2.24) is 4.90 Å². The predicted octanol–water partition coefficient (Wildman–Crippen LogP) is 3.31. The molecule has 2 aliphatic rings. The van der Waals surface area contributed by atoms with Crippen LogP contribution in [0.1, 0.15) is 50.6 Å². The summed E-state index contributed by atoms with van der Waals surface area (Å²) >= 11 is 0. The zero-order chi connectivity index (χ0) is 14.7. The van der Waals surface area contributed by atoms with Gasteiger partial charge in [0.15, 0.2) is 11.5 Å². The molecule has 1 saturated heterocycles. The summed E-state index contributed by atoms with van der Waals surface area (Å²) in [6, 6.07) is 6.29.